The lowest BCUT2D eigenvalue weighted by atomic mass is 9.89. The molecule has 16 heavy (non-hydrogen) atoms. The molecule has 86 valence electrons. The molecule has 2 bridgehead atoms. The fourth-order valence-electron chi connectivity index (χ4n) is 3.34. The van der Waals surface area contributed by atoms with E-state index in [1.54, 1.807) is 0 Å². The van der Waals surface area contributed by atoms with E-state index in [-0.39, 0.29) is 0 Å². The first-order chi connectivity index (χ1) is 7.81. The molecule has 0 N–H and O–H groups in total. The van der Waals surface area contributed by atoms with Crippen molar-refractivity contribution in [3.05, 3.63) is 27.8 Å². The van der Waals surface area contributed by atoms with Crippen LogP contribution in [-0.2, 0) is 0 Å². The van der Waals surface area contributed by atoms with Crippen molar-refractivity contribution in [2.75, 3.05) is 6.61 Å². The van der Waals surface area contributed by atoms with Crippen molar-refractivity contribution in [3.63, 3.8) is 0 Å². The summed E-state index contributed by atoms with van der Waals surface area (Å²) in [4.78, 5) is 0. The van der Waals surface area contributed by atoms with Gasteiger partial charge in [-0.1, -0.05) is 12.5 Å². The van der Waals surface area contributed by atoms with E-state index in [4.69, 9.17) is 4.74 Å². The highest BCUT2D eigenvalue weighted by atomic mass is 127. The van der Waals surface area contributed by atoms with Gasteiger partial charge in [0.2, 0.25) is 0 Å². The standard InChI is InChI=1S/C14H17IO/c15-13-2-1-3-14(8-13)16-9-12-7-10-4-5-11(12)6-10/h1-3,8,10-12H,4-7,9H2. The van der Waals surface area contributed by atoms with Crippen LogP contribution in [0.4, 0.5) is 0 Å². The Morgan fingerprint density at radius 3 is 2.88 bits per heavy atom. The lowest BCUT2D eigenvalue weighted by Crippen LogP contribution is -2.18. The first-order valence-corrected chi connectivity index (χ1v) is 7.27. The molecule has 1 aromatic rings. The summed E-state index contributed by atoms with van der Waals surface area (Å²) >= 11 is 2.33. The van der Waals surface area contributed by atoms with Crippen molar-refractivity contribution in [1.82, 2.24) is 0 Å². The lowest BCUT2D eigenvalue weighted by molar-refractivity contribution is 0.195. The van der Waals surface area contributed by atoms with Crippen LogP contribution in [0.25, 0.3) is 0 Å². The van der Waals surface area contributed by atoms with Crippen molar-refractivity contribution < 1.29 is 4.74 Å². The Labute approximate surface area is 111 Å². The fourth-order valence-corrected chi connectivity index (χ4v) is 3.86. The summed E-state index contributed by atoms with van der Waals surface area (Å²) in [6.07, 6.45) is 5.81. The molecule has 2 heteroatoms. The third kappa shape index (κ3) is 2.22. The second-order valence-corrected chi connectivity index (χ2v) is 6.45. The van der Waals surface area contributed by atoms with Crippen LogP contribution in [-0.4, -0.2) is 6.61 Å². The normalized spacial score (nSPS) is 31.9. The average Bonchev–Trinajstić information content (AvgIpc) is 2.88. The number of rotatable bonds is 3. The van der Waals surface area contributed by atoms with Crippen LogP contribution < -0.4 is 4.74 Å². The average molecular weight is 328 g/mol. The van der Waals surface area contributed by atoms with Gasteiger partial charge in [-0.15, -0.1) is 0 Å². The molecule has 0 aliphatic heterocycles. The molecule has 0 spiro atoms. The quantitative estimate of drug-likeness (QED) is 0.759. The molecule has 1 nitrogen and oxygen atoms in total. The van der Waals surface area contributed by atoms with E-state index >= 15 is 0 Å². The smallest absolute Gasteiger partial charge is 0.120 e. The predicted molar refractivity (Wildman–Crippen MR) is 73.6 cm³/mol. The SMILES string of the molecule is Ic1cccc(OCC2CC3CCC2C3)c1. The minimum Gasteiger partial charge on any atom is -0.493 e. The molecule has 0 radical (unpaired) electrons. The van der Waals surface area contributed by atoms with Crippen LogP contribution in [0.5, 0.6) is 5.75 Å². The third-order valence-electron chi connectivity index (χ3n) is 4.14. The van der Waals surface area contributed by atoms with Gasteiger partial charge in [-0.25, -0.2) is 0 Å². The van der Waals surface area contributed by atoms with Gasteiger partial charge < -0.3 is 4.74 Å². The summed E-state index contributed by atoms with van der Waals surface area (Å²) in [6, 6.07) is 8.35. The van der Waals surface area contributed by atoms with Crippen LogP contribution in [0.2, 0.25) is 0 Å². The van der Waals surface area contributed by atoms with Gasteiger partial charge in [-0.2, -0.15) is 0 Å². The lowest BCUT2D eigenvalue weighted by Gasteiger charge is -2.21. The molecular formula is C14H17IO. The molecule has 2 aliphatic rings. The van der Waals surface area contributed by atoms with Crippen LogP contribution in [0.3, 0.4) is 0 Å². The molecule has 3 unspecified atom stereocenters. The van der Waals surface area contributed by atoms with Crippen LogP contribution >= 0.6 is 22.6 Å². The molecule has 2 saturated carbocycles. The number of ether oxygens (including phenoxy) is 1. The topological polar surface area (TPSA) is 9.23 Å². The molecule has 2 aliphatic carbocycles. The summed E-state index contributed by atoms with van der Waals surface area (Å²) < 4.78 is 7.17. The molecule has 3 rings (SSSR count). The summed E-state index contributed by atoms with van der Waals surface area (Å²) in [5, 5.41) is 0. The highest BCUT2D eigenvalue weighted by Crippen LogP contribution is 2.48. The van der Waals surface area contributed by atoms with Crippen molar-refractivity contribution in [2.24, 2.45) is 17.8 Å². The Hall–Kier alpha value is -0.250. The molecule has 3 atom stereocenters. The minimum absolute atomic E-state index is 0.830. The number of hydrogen-bond donors (Lipinski definition) is 0. The number of halogens is 1. The maximum atomic E-state index is 5.92. The third-order valence-corrected chi connectivity index (χ3v) is 4.82. The summed E-state index contributed by atoms with van der Waals surface area (Å²) in [5.74, 6) is 3.86. The van der Waals surface area contributed by atoms with Crippen LogP contribution in [0.15, 0.2) is 24.3 Å². The Balaban J connectivity index is 1.57. The number of benzene rings is 1. The van der Waals surface area contributed by atoms with E-state index in [9.17, 15) is 0 Å². The fraction of sp³-hybridized carbons (Fsp3) is 0.571. The molecule has 0 amide bonds. The maximum absolute atomic E-state index is 5.92. The molecule has 0 heterocycles. The molecular weight excluding hydrogens is 311 g/mol. The van der Waals surface area contributed by atoms with E-state index < -0.39 is 0 Å². The zero-order chi connectivity index (χ0) is 11.0. The van der Waals surface area contributed by atoms with Crippen LogP contribution in [0, 0.1) is 21.3 Å². The Morgan fingerprint density at radius 1 is 1.25 bits per heavy atom. The van der Waals surface area contributed by atoms with Gasteiger partial charge in [-0.3, -0.25) is 0 Å². The summed E-state index contributed by atoms with van der Waals surface area (Å²) in [5.41, 5.74) is 0. The monoisotopic (exact) mass is 328 g/mol. The van der Waals surface area contributed by atoms with Crippen molar-refractivity contribution in [1.29, 1.82) is 0 Å². The summed E-state index contributed by atoms with van der Waals surface area (Å²) in [7, 11) is 0. The van der Waals surface area contributed by atoms with E-state index in [0.29, 0.717) is 0 Å². The first-order valence-electron chi connectivity index (χ1n) is 6.19. The van der Waals surface area contributed by atoms with Crippen LogP contribution in [0.1, 0.15) is 25.7 Å². The number of fused-ring (bicyclic) bond motifs is 2. The largest absolute Gasteiger partial charge is 0.493 e. The van der Waals surface area contributed by atoms with E-state index in [1.165, 1.54) is 29.3 Å². The van der Waals surface area contributed by atoms with Gasteiger partial charge in [0.25, 0.3) is 0 Å². The van der Waals surface area contributed by atoms with Gasteiger partial charge >= 0.3 is 0 Å². The van der Waals surface area contributed by atoms with E-state index in [0.717, 1.165) is 30.1 Å². The second kappa shape index (κ2) is 4.55. The zero-order valence-electron chi connectivity index (χ0n) is 9.36. The summed E-state index contributed by atoms with van der Waals surface area (Å²) in [6.45, 7) is 0.932. The Kier molecular flexibility index (Phi) is 3.09. The van der Waals surface area contributed by atoms with Gasteiger partial charge in [0.15, 0.2) is 0 Å². The van der Waals surface area contributed by atoms with Gasteiger partial charge in [0, 0.05) is 3.57 Å². The predicted octanol–water partition coefficient (Wildman–Crippen LogP) is 4.11. The molecule has 2 fully saturated rings. The zero-order valence-corrected chi connectivity index (χ0v) is 11.5. The number of hydrogen-bond acceptors (Lipinski definition) is 1. The van der Waals surface area contributed by atoms with Crippen molar-refractivity contribution in [2.45, 2.75) is 25.7 Å². The van der Waals surface area contributed by atoms with E-state index in [2.05, 4.69) is 46.9 Å². The van der Waals surface area contributed by atoms with E-state index in [1.807, 2.05) is 0 Å². The Morgan fingerprint density at radius 2 is 2.19 bits per heavy atom. The highest BCUT2D eigenvalue weighted by Gasteiger charge is 2.39. The van der Waals surface area contributed by atoms with Gasteiger partial charge in [-0.05, 0) is 77.8 Å². The van der Waals surface area contributed by atoms with Crippen molar-refractivity contribution >= 4 is 22.6 Å². The molecule has 1 aromatic carbocycles. The van der Waals surface area contributed by atoms with Gasteiger partial charge in [0.05, 0.1) is 6.61 Å². The highest BCUT2D eigenvalue weighted by molar-refractivity contribution is 14.1. The second-order valence-electron chi connectivity index (χ2n) is 5.20. The molecule has 0 saturated heterocycles. The van der Waals surface area contributed by atoms with Gasteiger partial charge in [0.1, 0.15) is 5.75 Å². The minimum atomic E-state index is 0.830. The Bertz CT molecular complexity index is 377. The maximum Gasteiger partial charge on any atom is 0.120 e. The van der Waals surface area contributed by atoms with Crippen molar-refractivity contribution in [3.8, 4) is 5.75 Å². The first kappa shape index (κ1) is 10.9. The molecule has 0 aromatic heterocycles.